The highest BCUT2D eigenvalue weighted by Gasteiger charge is 2.27. The summed E-state index contributed by atoms with van der Waals surface area (Å²) in [5, 5.41) is 3.62. The minimum absolute atomic E-state index is 0.0172. The van der Waals surface area contributed by atoms with E-state index in [1.54, 1.807) is 36.3 Å². The van der Waals surface area contributed by atoms with Crippen LogP contribution >= 0.6 is 11.3 Å². The molecule has 3 aromatic rings. The number of nitrogen functional groups attached to an aromatic ring is 1. The SMILES string of the molecule is COc1ccc(C(=O)N2CCC(Nc3nc(N)c(C(=O)c4c(F)cccc4F)s3)CC2)cc1. The van der Waals surface area contributed by atoms with Gasteiger partial charge in [0.25, 0.3) is 5.91 Å². The van der Waals surface area contributed by atoms with Crippen molar-refractivity contribution in [2.45, 2.75) is 18.9 Å². The third-order valence-corrected chi connectivity index (χ3v) is 6.50. The van der Waals surface area contributed by atoms with E-state index in [0.29, 0.717) is 42.4 Å². The molecule has 0 spiro atoms. The van der Waals surface area contributed by atoms with E-state index in [2.05, 4.69) is 10.3 Å². The van der Waals surface area contributed by atoms with Crippen LogP contribution in [0, 0.1) is 11.6 Å². The number of carbonyl (C=O) groups is 2. The highest BCUT2D eigenvalue weighted by molar-refractivity contribution is 7.18. The Hall–Kier alpha value is -3.53. The minimum atomic E-state index is -0.948. The number of nitrogens with two attached hydrogens (primary N) is 1. The maximum absolute atomic E-state index is 14.0. The zero-order valence-electron chi connectivity index (χ0n) is 17.8. The minimum Gasteiger partial charge on any atom is -0.497 e. The van der Waals surface area contributed by atoms with Crippen molar-refractivity contribution in [3.05, 3.63) is 70.1 Å². The Morgan fingerprint density at radius 3 is 2.36 bits per heavy atom. The molecule has 1 saturated heterocycles. The number of piperidine rings is 1. The number of hydrogen-bond acceptors (Lipinski definition) is 7. The molecule has 0 aliphatic carbocycles. The topological polar surface area (TPSA) is 97.6 Å². The van der Waals surface area contributed by atoms with Crippen molar-refractivity contribution in [1.82, 2.24) is 9.88 Å². The van der Waals surface area contributed by atoms with Gasteiger partial charge in [0, 0.05) is 24.7 Å². The van der Waals surface area contributed by atoms with Crippen molar-refractivity contribution in [2.75, 3.05) is 31.2 Å². The standard InChI is InChI=1S/C23H22F2N4O3S/c1-32-15-7-5-13(6-8-15)22(31)29-11-9-14(10-12-29)27-23-28-21(26)20(33-23)19(30)18-16(24)3-2-4-17(18)25/h2-8,14H,9-12,26H2,1H3,(H,27,28). The van der Waals surface area contributed by atoms with E-state index >= 15 is 0 Å². The summed E-state index contributed by atoms with van der Waals surface area (Å²) in [7, 11) is 1.57. The Morgan fingerprint density at radius 1 is 1.12 bits per heavy atom. The van der Waals surface area contributed by atoms with Crippen molar-refractivity contribution < 1.29 is 23.1 Å². The zero-order valence-corrected chi connectivity index (χ0v) is 18.6. The summed E-state index contributed by atoms with van der Waals surface area (Å²) < 4.78 is 33.1. The van der Waals surface area contributed by atoms with Crippen LogP contribution in [0.15, 0.2) is 42.5 Å². The molecule has 0 unspecified atom stereocenters. The third-order valence-electron chi connectivity index (χ3n) is 5.50. The van der Waals surface area contributed by atoms with Crippen LogP contribution in [-0.2, 0) is 0 Å². The lowest BCUT2D eigenvalue weighted by Crippen LogP contribution is -2.42. The van der Waals surface area contributed by atoms with Gasteiger partial charge < -0.3 is 20.7 Å². The fourth-order valence-electron chi connectivity index (χ4n) is 3.70. The highest BCUT2D eigenvalue weighted by atomic mass is 32.1. The quantitative estimate of drug-likeness (QED) is 0.527. The highest BCUT2D eigenvalue weighted by Crippen LogP contribution is 2.30. The molecule has 33 heavy (non-hydrogen) atoms. The number of likely N-dealkylation sites (tertiary alicyclic amines) is 1. The van der Waals surface area contributed by atoms with E-state index in [1.165, 1.54) is 6.07 Å². The van der Waals surface area contributed by atoms with Gasteiger partial charge in [-0.2, -0.15) is 0 Å². The van der Waals surface area contributed by atoms with Crippen LogP contribution in [0.5, 0.6) is 5.75 Å². The Labute approximate surface area is 193 Å². The van der Waals surface area contributed by atoms with Gasteiger partial charge in [-0.15, -0.1) is 0 Å². The van der Waals surface area contributed by atoms with E-state index < -0.39 is 23.0 Å². The van der Waals surface area contributed by atoms with Crippen LogP contribution in [0.1, 0.15) is 38.4 Å². The van der Waals surface area contributed by atoms with Crippen molar-refractivity contribution in [3.63, 3.8) is 0 Å². The maximum Gasteiger partial charge on any atom is 0.253 e. The van der Waals surface area contributed by atoms with E-state index in [0.717, 1.165) is 23.5 Å². The first-order valence-electron chi connectivity index (χ1n) is 10.3. The predicted molar refractivity (Wildman–Crippen MR) is 122 cm³/mol. The van der Waals surface area contributed by atoms with Crippen molar-refractivity contribution in [2.24, 2.45) is 0 Å². The van der Waals surface area contributed by atoms with Gasteiger partial charge in [0.1, 0.15) is 28.1 Å². The van der Waals surface area contributed by atoms with Crippen LogP contribution in [0.2, 0.25) is 0 Å². The molecule has 0 saturated carbocycles. The largest absolute Gasteiger partial charge is 0.497 e. The average molecular weight is 473 g/mol. The number of ketones is 1. The lowest BCUT2D eigenvalue weighted by Gasteiger charge is -2.32. The Kier molecular flexibility index (Phi) is 6.55. The van der Waals surface area contributed by atoms with Crippen molar-refractivity contribution in [1.29, 1.82) is 0 Å². The number of amides is 1. The molecule has 1 aromatic heterocycles. The number of carbonyl (C=O) groups excluding carboxylic acids is 2. The predicted octanol–water partition coefficient (Wildman–Crippen LogP) is 3.96. The van der Waals surface area contributed by atoms with Crippen molar-refractivity contribution >= 4 is 34.0 Å². The summed E-state index contributed by atoms with van der Waals surface area (Å²) in [5.74, 6) is -2.18. The second kappa shape index (κ2) is 9.53. The molecule has 3 N–H and O–H groups in total. The number of nitrogens with one attached hydrogen (secondary N) is 1. The summed E-state index contributed by atoms with van der Waals surface area (Å²) in [6.07, 6.45) is 1.35. The second-order valence-electron chi connectivity index (χ2n) is 7.60. The third kappa shape index (κ3) is 4.80. The van der Waals surface area contributed by atoms with Gasteiger partial charge in [-0.1, -0.05) is 17.4 Å². The van der Waals surface area contributed by atoms with E-state index in [1.807, 2.05) is 0 Å². The molecule has 4 rings (SSSR count). The molecule has 2 heterocycles. The van der Waals surface area contributed by atoms with Gasteiger partial charge in [0.05, 0.1) is 12.7 Å². The Morgan fingerprint density at radius 2 is 1.76 bits per heavy atom. The molecule has 1 aliphatic rings. The number of benzene rings is 2. The molecule has 1 aliphatic heterocycles. The first-order chi connectivity index (χ1) is 15.9. The molecule has 1 fully saturated rings. The fourth-order valence-corrected chi connectivity index (χ4v) is 4.61. The zero-order chi connectivity index (χ0) is 23.5. The summed E-state index contributed by atoms with van der Waals surface area (Å²) in [6, 6.07) is 10.2. The second-order valence-corrected chi connectivity index (χ2v) is 8.60. The molecule has 2 aromatic carbocycles. The molecule has 172 valence electrons. The van der Waals surface area contributed by atoms with Gasteiger partial charge in [-0.3, -0.25) is 9.59 Å². The van der Waals surface area contributed by atoms with Crippen molar-refractivity contribution in [3.8, 4) is 5.75 Å². The Bertz CT molecular complexity index is 1150. The van der Waals surface area contributed by atoms with Gasteiger partial charge >= 0.3 is 0 Å². The van der Waals surface area contributed by atoms with Crippen LogP contribution in [-0.4, -0.2) is 47.8 Å². The molecule has 0 bridgehead atoms. The molecule has 1 amide bonds. The lowest BCUT2D eigenvalue weighted by molar-refractivity contribution is 0.0718. The van der Waals surface area contributed by atoms with Crippen LogP contribution in [0.25, 0.3) is 0 Å². The number of anilines is 2. The van der Waals surface area contributed by atoms with Gasteiger partial charge in [-0.25, -0.2) is 13.8 Å². The van der Waals surface area contributed by atoms with Crippen LogP contribution in [0.3, 0.4) is 0 Å². The van der Waals surface area contributed by atoms with Crippen LogP contribution < -0.4 is 15.8 Å². The molecule has 0 atom stereocenters. The summed E-state index contributed by atoms with van der Waals surface area (Å²) >= 11 is 0.958. The summed E-state index contributed by atoms with van der Waals surface area (Å²) in [5.41, 5.74) is 5.81. The first-order valence-corrected chi connectivity index (χ1v) is 11.1. The van der Waals surface area contributed by atoms with E-state index in [4.69, 9.17) is 10.5 Å². The first kappa shape index (κ1) is 22.7. The molecule has 10 heteroatoms. The van der Waals surface area contributed by atoms with Gasteiger partial charge in [-0.05, 0) is 49.2 Å². The number of ether oxygens (including phenoxy) is 1. The molecular formula is C23H22F2N4O3S. The number of methoxy groups -OCH3 is 1. The van der Waals surface area contributed by atoms with Gasteiger partial charge in [0.2, 0.25) is 5.78 Å². The number of hydrogen-bond donors (Lipinski definition) is 2. The number of thiazole rings is 1. The summed E-state index contributed by atoms with van der Waals surface area (Å²) in [4.78, 5) is 31.3. The number of halogens is 2. The Balaban J connectivity index is 1.38. The lowest BCUT2D eigenvalue weighted by atomic mass is 10.0. The maximum atomic E-state index is 14.0. The monoisotopic (exact) mass is 472 g/mol. The summed E-state index contributed by atoms with van der Waals surface area (Å²) in [6.45, 7) is 1.10. The molecule has 7 nitrogen and oxygen atoms in total. The molecule has 0 radical (unpaired) electrons. The number of nitrogens with zero attached hydrogens (tertiary/aromatic N) is 2. The van der Waals surface area contributed by atoms with Gasteiger partial charge in [0.15, 0.2) is 5.13 Å². The molecular weight excluding hydrogens is 450 g/mol. The smallest absolute Gasteiger partial charge is 0.253 e. The fraction of sp³-hybridized carbons (Fsp3) is 0.261. The number of aromatic nitrogens is 1. The van der Waals surface area contributed by atoms with E-state index in [9.17, 15) is 18.4 Å². The normalized spacial score (nSPS) is 14.2. The number of rotatable bonds is 6. The van der Waals surface area contributed by atoms with E-state index in [-0.39, 0.29) is 22.6 Å². The van der Waals surface area contributed by atoms with Crippen LogP contribution in [0.4, 0.5) is 19.7 Å². The average Bonchev–Trinajstić information content (AvgIpc) is 3.18.